The van der Waals surface area contributed by atoms with Gasteiger partial charge in [-0.15, -0.1) is 11.3 Å². The summed E-state index contributed by atoms with van der Waals surface area (Å²) in [7, 11) is 0. The van der Waals surface area contributed by atoms with Gasteiger partial charge in [0.15, 0.2) is 0 Å². The Balaban J connectivity index is 1.55. The number of aliphatic hydroxyl groups is 1. The standard InChI is InChI=1S/C15H25NO2S/c1-12(13-5-2-3-6-13)16-9-14(17)10-18-11-15-7-4-8-19-15/h4,7-8,12-14,16-17H,2-3,5-6,9-11H2,1H3/t12-,14?/m0/s1. The summed E-state index contributed by atoms with van der Waals surface area (Å²) in [5.74, 6) is 0.791. The first-order chi connectivity index (χ1) is 9.25. The van der Waals surface area contributed by atoms with Gasteiger partial charge in [0, 0.05) is 17.5 Å². The molecule has 0 bridgehead atoms. The molecule has 2 N–H and O–H groups in total. The number of nitrogens with one attached hydrogen (secondary N) is 1. The monoisotopic (exact) mass is 283 g/mol. The molecular formula is C15H25NO2S. The molecule has 3 nitrogen and oxygen atoms in total. The summed E-state index contributed by atoms with van der Waals surface area (Å²) in [6.45, 7) is 3.87. The molecule has 0 radical (unpaired) electrons. The number of ether oxygens (including phenoxy) is 1. The molecule has 1 saturated carbocycles. The third-order valence-electron chi connectivity index (χ3n) is 3.92. The minimum atomic E-state index is -0.413. The predicted molar refractivity (Wildman–Crippen MR) is 79.4 cm³/mol. The van der Waals surface area contributed by atoms with Crippen LogP contribution in [0.1, 0.15) is 37.5 Å². The van der Waals surface area contributed by atoms with E-state index in [0.717, 1.165) is 5.92 Å². The van der Waals surface area contributed by atoms with E-state index in [1.165, 1.54) is 30.6 Å². The Morgan fingerprint density at radius 3 is 2.95 bits per heavy atom. The van der Waals surface area contributed by atoms with Gasteiger partial charge in [-0.25, -0.2) is 0 Å². The molecule has 1 aromatic heterocycles. The van der Waals surface area contributed by atoms with Crippen molar-refractivity contribution in [1.82, 2.24) is 5.32 Å². The molecule has 0 spiro atoms. The largest absolute Gasteiger partial charge is 0.389 e. The van der Waals surface area contributed by atoms with Crippen LogP contribution < -0.4 is 5.32 Å². The van der Waals surface area contributed by atoms with Crippen molar-refractivity contribution in [2.24, 2.45) is 5.92 Å². The zero-order valence-electron chi connectivity index (χ0n) is 11.7. The first-order valence-electron chi connectivity index (χ1n) is 7.27. The maximum absolute atomic E-state index is 9.89. The van der Waals surface area contributed by atoms with Crippen LogP contribution in [0.2, 0.25) is 0 Å². The fourth-order valence-electron chi connectivity index (χ4n) is 2.70. The molecule has 1 unspecified atom stereocenters. The summed E-state index contributed by atoms with van der Waals surface area (Å²) < 4.78 is 5.52. The zero-order valence-corrected chi connectivity index (χ0v) is 12.5. The van der Waals surface area contributed by atoms with Gasteiger partial charge in [-0.1, -0.05) is 18.9 Å². The molecule has 1 fully saturated rings. The van der Waals surface area contributed by atoms with E-state index in [1.54, 1.807) is 11.3 Å². The summed E-state index contributed by atoms with van der Waals surface area (Å²) in [5, 5.41) is 15.4. The number of hydrogen-bond donors (Lipinski definition) is 2. The van der Waals surface area contributed by atoms with Gasteiger partial charge in [-0.2, -0.15) is 0 Å². The third-order valence-corrected chi connectivity index (χ3v) is 4.77. The maximum atomic E-state index is 9.89. The van der Waals surface area contributed by atoms with E-state index in [-0.39, 0.29) is 0 Å². The van der Waals surface area contributed by atoms with E-state index in [9.17, 15) is 5.11 Å². The van der Waals surface area contributed by atoms with Gasteiger partial charge in [0.25, 0.3) is 0 Å². The van der Waals surface area contributed by atoms with Crippen LogP contribution in [0.25, 0.3) is 0 Å². The zero-order chi connectivity index (χ0) is 13.5. The molecule has 1 aliphatic carbocycles. The number of hydrogen-bond acceptors (Lipinski definition) is 4. The smallest absolute Gasteiger partial charge is 0.0897 e. The van der Waals surface area contributed by atoms with Crippen LogP contribution in [0.15, 0.2) is 17.5 Å². The second-order valence-electron chi connectivity index (χ2n) is 5.49. The highest BCUT2D eigenvalue weighted by Crippen LogP contribution is 2.27. The minimum Gasteiger partial charge on any atom is -0.389 e. The van der Waals surface area contributed by atoms with E-state index in [1.807, 2.05) is 11.4 Å². The maximum Gasteiger partial charge on any atom is 0.0897 e. The topological polar surface area (TPSA) is 41.5 Å². The van der Waals surface area contributed by atoms with E-state index in [0.29, 0.717) is 25.8 Å². The Hall–Kier alpha value is -0.420. The summed E-state index contributed by atoms with van der Waals surface area (Å²) in [6.07, 6.45) is 4.98. The molecule has 2 rings (SSSR count). The van der Waals surface area contributed by atoms with Crippen LogP contribution in [0, 0.1) is 5.92 Å². The number of aliphatic hydroxyl groups excluding tert-OH is 1. The van der Waals surface area contributed by atoms with E-state index in [4.69, 9.17) is 4.74 Å². The summed E-state index contributed by atoms with van der Waals surface area (Å²) in [6, 6.07) is 4.58. The van der Waals surface area contributed by atoms with Gasteiger partial charge in [-0.3, -0.25) is 0 Å². The summed E-state index contributed by atoms with van der Waals surface area (Å²) in [5.41, 5.74) is 0. The van der Waals surface area contributed by atoms with Crippen molar-refractivity contribution in [2.75, 3.05) is 13.2 Å². The SMILES string of the molecule is C[C@H](NCC(O)COCc1cccs1)C1CCCC1. The molecular weight excluding hydrogens is 258 g/mol. The van der Waals surface area contributed by atoms with E-state index >= 15 is 0 Å². The van der Waals surface area contributed by atoms with Crippen molar-refractivity contribution in [3.63, 3.8) is 0 Å². The molecule has 1 aromatic rings. The van der Waals surface area contributed by atoms with Crippen molar-refractivity contribution in [2.45, 2.75) is 51.4 Å². The van der Waals surface area contributed by atoms with Gasteiger partial charge < -0.3 is 15.2 Å². The van der Waals surface area contributed by atoms with E-state index < -0.39 is 6.10 Å². The minimum absolute atomic E-state index is 0.405. The van der Waals surface area contributed by atoms with Crippen LogP contribution in [0.5, 0.6) is 0 Å². The average molecular weight is 283 g/mol. The van der Waals surface area contributed by atoms with Crippen LogP contribution in [-0.2, 0) is 11.3 Å². The number of rotatable bonds is 8. The highest BCUT2D eigenvalue weighted by molar-refractivity contribution is 7.09. The second-order valence-corrected chi connectivity index (χ2v) is 6.52. The highest BCUT2D eigenvalue weighted by Gasteiger charge is 2.21. The van der Waals surface area contributed by atoms with Gasteiger partial charge in [0.1, 0.15) is 0 Å². The van der Waals surface area contributed by atoms with Crippen LogP contribution in [0.4, 0.5) is 0 Å². The first-order valence-corrected chi connectivity index (χ1v) is 8.15. The van der Waals surface area contributed by atoms with Crippen LogP contribution in [0.3, 0.4) is 0 Å². The molecule has 4 heteroatoms. The Morgan fingerprint density at radius 1 is 1.47 bits per heavy atom. The van der Waals surface area contributed by atoms with Crippen molar-refractivity contribution in [3.05, 3.63) is 22.4 Å². The van der Waals surface area contributed by atoms with E-state index in [2.05, 4.69) is 18.3 Å². The Bertz CT molecular complexity index is 336. The fraction of sp³-hybridized carbons (Fsp3) is 0.733. The lowest BCUT2D eigenvalue weighted by atomic mass is 10.00. The Morgan fingerprint density at radius 2 is 2.26 bits per heavy atom. The second kappa shape index (κ2) is 8.00. The quantitative estimate of drug-likeness (QED) is 0.771. The highest BCUT2D eigenvalue weighted by atomic mass is 32.1. The summed E-state index contributed by atoms with van der Waals surface area (Å²) >= 11 is 1.69. The predicted octanol–water partition coefficient (Wildman–Crippen LogP) is 2.79. The lowest BCUT2D eigenvalue weighted by Gasteiger charge is -2.22. The molecule has 0 saturated heterocycles. The Labute approximate surface area is 120 Å². The molecule has 0 aliphatic heterocycles. The normalized spacial score (nSPS) is 19.7. The van der Waals surface area contributed by atoms with Gasteiger partial charge in [0.05, 0.1) is 19.3 Å². The molecule has 0 amide bonds. The van der Waals surface area contributed by atoms with Crippen molar-refractivity contribution >= 4 is 11.3 Å². The van der Waals surface area contributed by atoms with Crippen LogP contribution in [-0.4, -0.2) is 30.4 Å². The third kappa shape index (κ3) is 5.22. The average Bonchev–Trinajstić information content (AvgIpc) is 3.08. The van der Waals surface area contributed by atoms with Crippen molar-refractivity contribution in [3.8, 4) is 0 Å². The summed E-state index contributed by atoms with van der Waals surface area (Å²) in [4.78, 5) is 1.21. The van der Waals surface area contributed by atoms with Gasteiger partial charge >= 0.3 is 0 Å². The van der Waals surface area contributed by atoms with Crippen molar-refractivity contribution in [1.29, 1.82) is 0 Å². The van der Waals surface area contributed by atoms with Gasteiger partial charge in [0.2, 0.25) is 0 Å². The number of thiophene rings is 1. The lowest BCUT2D eigenvalue weighted by molar-refractivity contribution is 0.0279. The molecule has 1 aliphatic rings. The van der Waals surface area contributed by atoms with Crippen LogP contribution >= 0.6 is 11.3 Å². The Kier molecular flexibility index (Phi) is 6.31. The first kappa shape index (κ1) is 15.0. The molecule has 2 atom stereocenters. The van der Waals surface area contributed by atoms with Crippen molar-refractivity contribution < 1.29 is 9.84 Å². The molecule has 19 heavy (non-hydrogen) atoms. The fourth-order valence-corrected chi connectivity index (χ4v) is 3.34. The molecule has 1 heterocycles. The molecule has 0 aromatic carbocycles. The van der Waals surface area contributed by atoms with Gasteiger partial charge in [-0.05, 0) is 37.1 Å². The lowest BCUT2D eigenvalue weighted by Crippen LogP contribution is -2.39. The molecule has 108 valence electrons.